The molecule has 0 aromatic rings. The number of ether oxygens (including phenoxy) is 2. The minimum Gasteiger partial charge on any atom is -0.466 e. The van der Waals surface area contributed by atoms with E-state index in [0.717, 1.165) is 0 Å². The molecule has 0 spiro atoms. The molecule has 0 rings (SSSR count). The molecule has 0 bridgehead atoms. The summed E-state index contributed by atoms with van der Waals surface area (Å²) in [5, 5.41) is 0. The van der Waals surface area contributed by atoms with Crippen LogP contribution in [0.25, 0.3) is 0 Å². The van der Waals surface area contributed by atoms with Crippen LogP contribution in [0.3, 0.4) is 0 Å². The zero-order valence-electron chi connectivity index (χ0n) is 10.7. The van der Waals surface area contributed by atoms with E-state index >= 15 is 0 Å². The molecule has 0 amide bonds. The second-order valence-electron chi connectivity index (χ2n) is 2.93. The summed E-state index contributed by atoms with van der Waals surface area (Å²) < 4.78 is 8.81. The van der Waals surface area contributed by atoms with Gasteiger partial charge in [-0.15, -0.1) is 11.6 Å². The van der Waals surface area contributed by atoms with E-state index < -0.39 is 17.7 Å². The maximum Gasteiger partial charge on any atom is 0.374 e. The lowest BCUT2D eigenvalue weighted by Gasteiger charge is -1.97. The van der Waals surface area contributed by atoms with Crippen LogP contribution < -0.4 is 0 Å². The molecular weight excluding hydrogens is 264 g/mol. The van der Waals surface area contributed by atoms with E-state index in [-0.39, 0.29) is 24.7 Å². The van der Waals surface area contributed by atoms with E-state index in [1.807, 2.05) is 0 Å². The molecule has 0 unspecified atom stereocenters. The summed E-state index contributed by atoms with van der Waals surface area (Å²) in [6, 6.07) is 0. The van der Waals surface area contributed by atoms with Crippen LogP contribution >= 0.6 is 11.6 Å². The third-order valence-electron chi connectivity index (χ3n) is 1.36. The molecule has 0 saturated carbocycles. The highest BCUT2D eigenvalue weighted by Crippen LogP contribution is 1.90. The predicted octanol–water partition coefficient (Wildman–Crippen LogP) is 0.886. The standard InChI is InChI=1S/C6H9ClO3.C5H8O3/c1-2-10-6(9)3-5(8)4-7;1-3-8-5(7)4(2)6/h2-4H2,1H3;3H2,1-2H3. The van der Waals surface area contributed by atoms with Crippen LogP contribution in [-0.4, -0.2) is 42.6 Å². The zero-order chi connectivity index (χ0) is 14.6. The molecule has 0 aromatic heterocycles. The highest BCUT2D eigenvalue weighted by Gasteiger charge is 2.07. The summed E-state index contributed by atoms with van der Waals surface area (Å²) >= 11 is 5.14. The third-order valence-corrected chi connectivity index (χ3v) is 1.66. The molecule has 0 aromatic carbocycles. The van der Waals surface area contributed by atoms with Crippen molar-refractivity contribution < 1.29 is 28.7 Å². The van der Waals surface area contributed by atoms with Crippen molar-refractivity contribution in [2.24, 2.45) is 0 Å². The van der Waals surface area contributed by atoms with Gasteiger partial charge in [0.25, 0.3) is 0 Å². The van der Waals surface area contributed by atoms with E-state index in [1.165, 1.54) is 6.92 Å². The van der Waals surface area contributed by atoms with Gasteiger partial charge in [0.1, 0.15) is 6.42 Å². The first-order valence-electron chi connectivity index (χ1n) is 5.29. The molecular formula is C11H17ClO6. The Labute approximate surface area is 111 Å². The quantitative estimate of drug-likeness (QED) is 0.311. The van der Waals surface area contributed by atoms with Gasteiger partial charge in [-0.3, -0.25) is 14.4 Å². The molecule has 104 valence electrons. The minimum absolute atomic E-state index is 0.126. The fourth-order valence-corrected chi connectivity index (χ4v) is 0.747. The number of rotatable bonds is 6. The van der Waals surface area contributed by atoms with Gasteiger partial charge in [-0.1, -0.05) is 0 Å². The summed E-state index contributed by atoms with van der Waals surface area (Å²) in [7, 11) is 0. The van der Waals surface area contributed by atoms with Crippen LogP contribution in [-0.2, 0) is 28.7 Å². The smallest absolute Gasteiger partial charge is 0.374 e. The molecule has 0 radical (unpaired) electrons. The van der Waals surface area contributed by atoms with Crippen LogP contribution in [0.1, 0.15) is 27.2 Å². The van der Waals surface area contributed by atoms with E-state index in [4.69, 9.17) is 11.6 Å². The molecule has 7 heteroatoms. The molecule has 18 heavy (non-hydrogen) atoms. The lowest BCUT2D eigenvalue weighted by Crippen LogP contribution is -2.12. The van der Waals surface area contributed by atoms with Crippen molar-refractivity contribution >= 4 is 35.1 Å². The molecule has 0 aliphatic carbocycles. The SMILES string of the molecule is CCOC(=O)C(C)=O.CCOC(=O)CC(=O)CCl. The van der Waals surface area contributed by atoms with Gasteiger partial charge in [-0.2, -0.15) is 0 Å². The first-order chi connectivity index (χ1) is 8.38. The number of esters is 2. The van der Waals surface area contributed by atoms with Crippen LogP contribution in [0.5, 0.6) is 0 Å². The maximum atomic E-state index is 10.5. The lowest BCUT2D eigenvalue weighted by molar-refractivity contribution is -0.152. The first-order valence-corrected chi connectivity index (χ1v) is 5.83. The Hall–Kier alpha value is -1.43. The summed E-state index contributed by atoms with van der Waals surface area (Å²) in [5.41, 5.74) is 0. The number of alkyl halides is 1. The summed E-state index contributed by atoms with van der Waals surface area (Å²) in [5.74, 6) is -2.24. The Morgan fingerprint density at radius 3 is 1.78 bits per heavy atom. The maximum absolute atomic E-state index is 10.5. The Balaban J connectivity index is 0. The number of carbonyl (C=O) groups excluding carboxylic acids is 4. The van der Waals surface area contributed by atoms with Crippen molar-refractivity contribution in [3.05, 3.63) is 0 Å². The number of hydrogen-bond acceptors (Lipinski definition) is 6. The normalized spacial score (nSPS) is 8.67. The van der Waals surface area contributed by atoms with Crippen molar-refractivity contribution in [2.45, 2.75) is 27.2 Å². The van der Waals surface area contributed by atoms with E-state index in [0.29, 0.717) is 6.61 Å². The van der Waals surface area contributed by atoms with E-state index in [2.05, 4.69) is 9.47 Å². The molecule has 6 nitrogen and oxygen atoms in total. The Morgan fingerprint density at radius 1 is 1.00 bits per heavy atom. The fourth-order valence-electron chi connectivity index (χ4n) is 0.653. The second kappa shape index (κ2) is 12.0. The first kappa shape index (κ1) is 18.9. The van der Waals surface area contributed by atoms with Gasteiger partial charge >= 0.3 is 11.9 Å². The summed E-state index contributed by atoms with van der Waals surface area (Å²) in [6.07, 6.45) is -0.211. The lowest BCUT2D eigenvalue weighted by atomic mass is 10.3. The number of carbonyl (C=O) groups is 4. The van der Waals surface area contributed by atoms with Gasteiger partial charge in [0, 0.05) is 6.92 Å². The van der Waals surface area contributed by atoms with Crippen molar-refractivity contribution in [3.63, 3.8) is 0 Å². The Bertz CT molecular complexity index is 300. The van der Waals surface area contributed by atoms with Gasteiger partial charge in [0.2, 0.25) is 5.78 Å². The molecule has 0 atom stereocenters. The highest BCUT2D eigenvalue weighted by atomic mass is 35.5. The number of halogens is 1. The highest BCUT2D eigenvalue weighted by molar-refractivity contribution is 6.32. The number of hydrogen-bond donors (Lipinski definition) is 0. The molecule has 0 aliphatic rings. The number of Topliss-reactive ketones (excluding diaryl/α,β-unsaturated/α-hetero) is 2. The van der Waals surface area contributed by atoms with Gasteiger partial charge < -0.3 is 9.47 Å². The third kappa shape index (κ3) is 12.6. The zero-order valence-corrected chi connectivity index (χ0v) is 11.4. The Morgan fingerprint density at radius 2 is 1.50 bits per heavy atom. The molecule has 0 heterocycles. The van der Waals surface area contributed by atoms with Gasteiger partial charge in [-0.05, 0) is 13.8 Å². The molecule has 0 aliphatic heterocycles. The van der Waals surface area contributed by atoms with Gasteiger partial charge in [0.05, 0.1) is 19.1 Å². The van der Waals surface area contributed by atoms with Gasteiger partial charge in [-0.25, -0.2) is 4.79 Å². The van der Waals surface area contributed by atoms with Crippen LogP contribution in [0.2, 0.25) is 0 Å². The van der Waals surface area contributed by atoms with Crippen molar-refractivity contribution in [3.8, 4) is 0 Å². The van der Waals surface area contributed by atoms with E-state index in [1.54, 1.807) is 13.8 Å². The van der Waals surface area contributed by atoms with Crippen molar-refractivity contribution in [1.82, 2.24) is 0 Å². The van der Waals surface area contributed by atoms with Crippen LogP contribution in [0, 0.1) is 0 Å². The molecule has 0 N–H and O–H groups in total. The average Bonchev–Trinajstić information content (AvgIpc) is 2.30. The monoisotopic (exact) mass is 280 g/mol. The number of ketones is 2. The predicted molar refractivity (Wildman–Crippen MR) is 64.3 cm³/mol. The minimum atomic E-state index is -0.757. The second-order valence-corrected chi connectivity index (χ2v) is 3.20. The van der Waals surface area contributed by atoms with Crippen LogP contribution in [0.15, 0.2) is 0 Å². The van der Waals surface area contributed by atoms with Crippen molar-refractivity contribution in [1.29, 1.82) is 0 Å². The summed E-state index contributed by atoms with van der Waals surface area (Å²) in [6.45, 7) is 5.08. The molecule has 0 fully saturated rings. The topological polar surface area (TPSA) is 86.7 Å². The van der Waals surface area contributed by atoms with Gasteiger partial charge in [0.15, 0.2) is 5.78 Å². The Kier molecular flexibility index (Phi) is 12.7. The average molecular weight is 281 g/mol. The van der Waals surface area contributed by atoms with Crippen LogP contribution in [0.4, 0.5) is 0 Å². The fraction of sp³-hybridized carbons (Fsp3) is 0.636. The van der Waals surface area contributed by atoms with E-state index in [9.17, 15) is 19.2 Å². The van der Waals surface area contributed by atoms with Crippen molar-refractivity contribution in [2.75, 3.05) is 19.1 Å². The largest absolute Gasteiger partial charge is 0.466 e. The molecule has 0 saturated heterocycles. The summed E-state index contributed by atoms with van der Waals surface area (Å²) in [4.78, 5) is 41.2.